The molecule has 0 radical (unpaired) electrons. The summed E-state index contributed by atoms with van der Waals surface area (Å²) in [7, 11) is 0. The summed E-state index contributed by atoms with van der Waals surface area (Å²) in [5.41, 5.74) is 0. The third-order valence-electron chi connectivity index (χ3n) is 2.45. The van der Waals surface area contributed by atoms with E-state index in [1.165, 1.54) is 11.3 Å². The Balaban J connectivity index is 1.94. The van der Waals surface area contributed by atoms with E-state index in [9.17, 15) is 4.79 Å². The van der Waals surface area contributed by atoms with Crippen LogP contribution in [0.3, 0.4) is 0 Å². The molecule has 0 spiro atoms. The molecule has 2 rings (SSSR count). The lowest BCUT2D eigenvalue weighted by atomic mass is 10.2. The Morgan fingerprint density at radius 1 is 1.53 bits per heavy atom. The molecular formula is C10H13BrN2OS. The summed E-state index contributed by atoms with van der Waals surface area (Å²) in [6.45, 7) is 4.45. The maximum atomic E-state index is 11.9. The molecule has 3 nitrogen and oxygen atoms in total. The van der Waals surface area contributed by atoms with E-state index in [1.54, 1.807) is 0 Å². The highest BCUT2D eigenvalue weighted by Crippen LogP contribution is 2.23. The zero-order valence-electron chi connectivity index (χ0n) is 8.33. The van der Waals surface area contributed by atoms with Crippen molar-refractivity contribution in [2.45, 2.75) is 0 Å². The molecule has 1 fully saturated rings. The van der Waals surface area contributed by atoms with Gasteiger partial charge in [0, 0.05) is 30.7 Å². The summed E-state index contributed by atoms with van der Waals surface area (Å²) in [4.78, 5) is 15.0. The lowest BCUT2D eigenvalue weighted by Crippen LogP contribution is -2.45. The SMILES string of the molecule is O=C(CN1CCNCC1)c1sccc1Br. The van der Waals surface area contributed by atoms with Gasteiger partial charge in [-0.3, -0.25) is 9.69 Å². The molecule has 82 valence electrons. The van der Waals surface area contributed by atoms with Crippen LogP contribution in [0.1, 0.15) is 9.67 Å². The van der Waals surface area contributed by atoms with E-state index in [1.807, 2.05) is 11.4 Å². The van der Waals surface area contributed by atoms with Crippen molar-refractivity contribution in [3.63, 3.8) is 0 Å². The van der Waals surface area contributed by atoms with Gasteiger partial charge in [0.2, 0.25) is 0 Å². The van der Waals surface area contributed by atoms with Crippen LogP contribution in [0.2, 0.25) is 0 Å². The molecule has 0 aliphatic carbocycles. The molecule has 0 aromatic carbocycles. The largest absolute Gasteiger partial charge is 0.314 e. The molecular weight excluding hydrogens is 276 g/mol. The summed E-state index contributed by atoms with van der Waals surface area (Å²) in [5, 5.41) is 5.21. The Labute approximate surface area is 102 Å². The first-order valence-corrected chi connectivity index (χ1v) is 6.64. The highest BCUT2D eigenvalue weighted by Gasteiger charge is 2.17. The monoisotopic (exact) mass is 288 g/mol. The smallest absolute Gasteiger partial charge is 0.187 e. The van der Waals surface area contributed by atoms with Crippen molar-refractivity contribution < 1.29 is 4.79 Å². The minimum Gasteiger partial charge on any atom is -0.314 e. The lowest BCUT2D eigenvalue weighted by molar-refractivity contribution is 0.0925. The predicted octanol–water partition coefficient (Wildman–Crippen LogP) is 1.60. The van der Waals surface area contributed by atoms with Gasteiger partial charge in [-0.1, -0.05) is 0 Å². The van der Waals surface area contributed by atoms with Crippen molar-refractivity contribution in [3.05, 3.63) is 20.8 Å². The molecule has 1 aromatic heterocycles. The lowest BCUT2D eigenvalue weighted by Gasteiger charge is -2.26. The number of nitrogens with one attached hydrogen (secondary N) is 1. The van der Waals surface area contributed by atoms with E-state index in [4.69, 9.17) is 0 Å². The summed E-state index contributed by atoms with van der Waals surface area (Å²) in [6.07, 6.45) is 0. The molecule has 0 atom stereocenters. The Bertz CT molecular complexity index is 347. The fourth-order valence-corrected chi connectivity index (χ4v) is 3.16. The van der Waals surface area contributed by atoms with E-state index in [2.05, 4.69) is 26.1 Å². The van der Waals surface area contributed by atoms with Crippen molar-refractivity contribution >= 4 is 33.0 Å². The summed E-state index contributed by atoms with van der Waals surface area (Å²) >= 11 is 4.90. The minimum atomic E-state index is 0.221. The highest BCUT2D eigenvalue weighted by atomic mass is 79.9. The Morgan fingerprint density at radius 3 is 2.87 bits per heavy atom. The Kier molecular flexibility index (Phi) is 3.91. The van der Waals surface area contributed by atoms with Crippen molar-refractivity contribution in [1.29, 1.82) is 0 Å². The first kappa shape index (κ1) is 11.3. The second-order valence-electron chi connectivity index (χ2n) is 3.55. The number of Topliss-reactive ketones (excluding diaryl/α,β-unsaturated/α-hetero) is 1. The second-order valence-corrected chi connectivity index (χ2v) is 5.32. The first-order valence-electron chi connectivity index (χ1n) is 4.96. The molecule has 5 heteroatoms. The van der Waals surface area contributed by atoms with Crippen molar-refractivity contribution in [2.24, 2.45) is 0 Å². The number of halogens is 1. The van der Waals surface area contributed by atoms with Crippen LogP contribution >= 0.6 is 27.3 Å². The van der Waals surface area contributed by atoms with Gasteiger partial charge < -0.3 is 5.32 Å². The topological polar surface area (TPSA) is 32.3 Å². The van der Waals surface area contributed by atoms with Gasteiger partial charge in [0.1, 0.15) is 0 Å². The van der Waals surface area contributed by atoms with Crippen LogP contribution < -0.4 is 5.32 Å². The number of carbonyl (C=O) groups is 1. The van der Waals surface area contributed by atoms with Crippen LogP contribution in [0.4, 0.5) is 0 Å². The predicted molar refractivity (Wildman–Crippen MR) is 65.7 cm³/mol. The second kappa shape index (κ2) is 5.21. The molecule has 1 saturated heterocycles. The first-order chi connectivity index (χ1) is 7.27. The average Bonchev–Trinajstić information content (AvgIpc) is 2.66. The van der Waals surface area contributed by atoms with Crippen molar-refractivity contribution in [1.82, 2.24) is 10.2 Å². The number of ketones is 1. The summed E-state index contributed by atoms with van der Waals surface area (Å²) < 4.78 is 0.924. The van der Waals surface area contributed by atoms with E-state index < -0.39 is 0 Å². The molecule has 1 aliphatic rings. The molecule has 0 saturated carbocycles. The fourth-order valence-electron chi connectivity index (χ4n) is 1.64. The summed E-state index contributed by atoms with van der Waals surface area (Å²) in [6, 6.07) is 1.93. The normalized spacial score (nSPS) is 17.9. The molecule has 1 aliphatic heterocycles. The Morgan fingerprint density at radius 2 is 2.27 bits per heavy atom. The zero-order chi connectivity index (χ0) is 10.7. The van der Waals surface area contributed by atoms with Gasteiger partial charge in [-0.05, 0) is 27.4 Å². The van der Waals surface area contributed by atoms with E-state index in [-0.39, 0.29) is 5.78 Å². The number of hydrogen-bond donors (Lipinski definition) is 1. The number of nitrogens with zero attached hydrogens (tertiary/aromatic N) is 1. The quantitative estimate of drug-likeness (QED) is 0.858. The number of piperazine rings is 1. The highest BCUT2D eigenvalue weighted by molar-refractivity contribution is 9.10. The standard InChI is InChI=1S/C10H13BrN2OS/c11-8-1-6-15-10(8)9(14)7-13-4-2-12-3-5-13/h1,6,12H,2-5,7H2. The molecule has 0 amide bonds. The summed E-state index contributed by atoms with van der Waals surface area (Å²) in [5.74, 6) is 0.221. The van der Waals surface area contributed by atoms with Gasteiger partial charge in [-0.25, -0.2) is 0 Å². The van der Waals surface area contributed by atoms with Crippen LogP contribution in [0.25, 0.3) is 0 Å². The number of hydrogen-bond acceptors (Lipinski definition) is 4. The van der Waals surface area contributed by atoms with Crippen LogP contribution in [0.15, 0.2) is 15.9 Å². The maximum Gasteiger partial charge on any atom is 0.187 e. The van der Waals surface area contributed by atoms with Crippen molar-refractivity contribution in [3.8, 4) is 0 Å². The minimum absolute atomic E-state index is 0.221. The van der Waals surface area contributed by atoms with Crippen LogP contribution in [0, 0.1) is 0 Å². The number of carbonyl (C=O) groups excluding carboxylic acids is 1. The van der Waals surface area contributed by atoms with Gasteiger partial charge in [0.15, 0.2) is 5.78 Å². The van der Waals surface area contributed by atoms with Crippen LogP contribution in [0.5, 0.6) is 0 Å². The van der Waals surface area contributed by atoms with Gasteiger partial charge in [-0.15, -0.1) is 11.3 Å². The van der Waals surface area contributed by atoms with Crippen LogP contribution in [-0.2, 0) is 0 Å². The molecule has 15 heavy (non-hydrogen) atoms. The molecule has 1 N–H and O–H groups in total. The van der Waals surface area contributed by atoms with E-state index in [0.717, 1.165) is 35.5 Å². The van der Waals surface area contributed by atoms with Gasteiger partial charge >= 0.3 is 0 Å². The molecule has 1 aromatic rings. The van der Waals surface area contributed by atoms with Crippen molar-refractivity contribution in [2.75, 3.05) is 32.7 Å². The van der Waals surface area contributed by atoms with Gasteiger partial charge in [0.25, 0.3) is 0 Å². The molecule has 2 heterocycles. The third kappa shape index (κ3) is 2.87. The Hall–Kier alpha value is -0.230. The maximum absolute atomic E-state index is 11.9. The third-order valence-corrected chi connectivity index (χ3v) is 4.33. The average molecular weight is 289 g/mol. The van der Waals surface area contributed by atoms with Gasteiger partial charge in [0.05, 0.1) is 11.4 Å². The number of rotatable bonds is 3. The number of thiophene rings is 1. The van der Waals surface area contributed by atoms with Crippen LogP contribution in [-0.4, -0.2) is 43.4 Å². The van der Waals surface area contributed by atoms with E-state index in [0.29, 0.717) is 6.54 Å². The molecule has 0 bridgehead atoms. The zero-order valence-corrected chi connectivity index (χ0v) is 10.7. The van der Waals surface area contributed by atoms with Gasteiger partial charge in [-0.2, -0.15) is 0 Å². The van der Waals surface area contributed by atoms with E-state index >= 15 is 0 Å². The fraction of sp³-hybridized carbons (Fsp3) is 0.500. The molecule has 0 unspecified atom stereocenters.